The molecular formula is C37H37N7O7S2. The van der Waals surface area contributed by atoms with E-state index in [2.05, 4.69) is 20.4 Å². The second-order valence-corrected chi connectivity index (χ2v) is 14.7. The maximum Gasteiger partial charge on any atom is 0.244 e. The molecule has 0 aliphatic carbocycles. The van der Waals surface area contributed by atoms with E-state index in [4.69, 9.17) is 19.9 Å². The summed E-state index contributed by atoms with van der Waals surface area (Å²) in [6.07, 6.45) is 1.52. The van der Waals surface area contributed by atoms with Crippen LogP contribution in [0, 0.1) is 0 Å². The summed E-state index contributed by atoms with van der Waals surface area (Å²) in [6, 6.07) is 27.9. The van der Waals surface area contributed by atoms with Crippen molar-refractivity contribution in [2.45, 2.75) is 30.3 Å². The monoisotopic (exact) mass is 755 g/mol. The van der Waals surface area contributed by atoms with Crippen molar-refractivity contribution in [1.29, 1.82) is 0 Å². The zero-order chi connectivity index (χ0) is 37.5. The fourth-order valence-corrected chi connectivity index (χ4v) is 8.15. The molecule has 2 heterocycles. The van der Waals surface area contributed by atoms with Gasteiger partial charge in [-0.3, -0.25) is 0 Å². The first kappa shape index (κ1) is 37.1. The van der Waals surface area contributed by atoms with Crippen LogP contribution in [0.1, 0.15) is 22.3 Å². The Balaban J connectivity index is 1.55. The lowest BCUT2D eigenvalue weighted by molar-refractivity contribution is 0.397. The summed E-state index contributed by atoms with van der Waals surface area (Å²) in [7, 11) is 0.148. The first-order valence-corrected chi connectivity index (χ1v) is 18.9. The van der Waals surface area contributed by atoms with E-state index in [1.165, 1.54) is 21.4 Å². The van der Waals surface area contributed by atoms with Gasteiger partial charge in [-0.2, -0.15) is 9.10 Å². The second kappa shape index (κ2) is 16.3. The smallest absolute Gasteiger partial charge is 0.244 e. The highest BCUT2D eigenvalue weighted by atomic mass is 32.2. The third-order valence-electron chi connectivity index (χ3n) is 8.41. The number of tetrazole rings is 1. The van der Waals surface area contributed by atoms with Crippen LogP contribution in [0.25, 0.3) is 22.5 Å². The highest BCUT2D eigenvalue weighted by molar-refractivity contribution is 7.89. The number of nitrogen functional groups attached to an aromatic ring is 1. The predicted molar refractivity (Wildman–Crippen MR) is 200 cm³/mol. The quantitative estimate of drug-likeness (QED) is 0.131. The van der Waals surface area contributed by atoms with E-state index in [0.717, 1.165) is 5.56 Å². The zero-order valence-corrected chi connectivity index (χ0v) is 30.8. The van der Waals surface area contributed by atoms with Crippen molar-refractivity contribution in [1.82, 2.24) is 29.5 Å². The van der Waals surface area contributed by atoms with Gasteiger partial charge in [0, 0.05) is 24.8 Å². The first-order chi connectivity index (χ1) is 25.6. The third kappa shape index (κ3) is 8.69. The average molecular weight is 756 g/mol. The molecule has 0 bridgehead atoms. The van der Waals surface area contributed by atoms with Gasteiger partial charge in [0.05, 0.1) is 44.1 Å². The van der Waals surface area contributed by atoms with Gasteiger partial charge >= 0.3 is 0 Å². The minimum Gasteiger partial charge on any atom is -0.497 e. The van der Waals surface area contributed by atoms with Crippen LogP contribution in [0.5, 0.6) is 17.2 Å². The molecule has 6 aromatic rings. The highest BCUT2D eigenvalue weighted by Gasteiger charge is 2.34. The van der Waals surface area contributed by atoms with Crippen molar-refractivity contribution < 1.29 is 31.4 Å². The highest BCUT2D eigenvalue weighted by Crippen LogP contribution is 2.40. The third-order valence-corrected chi connectivity index (χ3v) is 10.9. The van der Waals surface area contributed by atoms with E-state index < -0.39 is 26.9 Å². The SMILES string of the molecule is COc1ccc(CN(Cc2ccc(OC)cc2)S(=O)(=O)c2c(CS(=O)O)ccc(-c3ccc(N)nc3)c2-c2nnn(Cc3ccc(OC)cc3)n2)cc1. The molecule has 0 saturated carbocycles. The van der Waals surface area contributed by atoms with Crippen LogP contribution in [0.3, 0.4) is 0 Å². The summed E-state index contributed by atoms with van der Waals surface area (Å²) >= 11 is -2.41. The average Bonchev–Trinajstić information content (AvgIpc) is 3.63. The van der Waals surface area contributed by atoms with Gasteiger partial charge in [-0.05, 0) is 81.6 Å². The van der Waals surface area contributed by atoms with Crippen LogP contribution in [0.4, 0.5) is 5.82 Å². The second-order valence-electron chi connectivity index (χ2n) is 11.9. The number of hydrogen-bond donors (Lipinski definition) is 2. The van der Waals surface area contributed by atoms with Gasteiger partial charge in [-0.15, -0.1) is 10.2 Å². The fourth-order valence-electron chi connectivity index (χ4n) is 5.72. The lowest BCUT2D eigenvalue weighted by Gasteiger charge is -2.26. The van der Waals surface area contributed by atoms with Crippen LogP contribution in [0.2, 0.25) is 0 Å². The normalized spacial score (nSPS) is 12.1. The van der Waals surface area contributed by atoms with E-state index >= 15 is 8.42 Å². The molecule has 6 rings (SSSR count). The van der Waals surface area contributed by atoms with Gasteiger partial charge < -0.3 is 24.5 Å². The number of sulfonamides is 1. The molecule has 0 spiro atoms. The van der Waals surface area contributed by atoms with E-state index in [1.54, 1.807) is 88.1 Å². The van der Waals surface area contributed by atoms with Crippen molar-refractivity contribution in [2.24, 2.45) is 0 Å². The Labute approximate surface area is 309 Å². The largest absolute Gasteiger partial charge is 0.497 e. The van der Waals surface area contributed by atoms with Crippen LogP contribution in [-0.4, -0.2) is 68.0 Å². The van der Waals surface area contributed by atoms with E-state index in [1.807, 2.05) is 24.3 Å². The number of aromatic nitrogens is 5. The maximum absolute atomic E-state index is 15.3. The molecule has 14 nitrogen and oxygen atoms in total. The van der Waals surface area contributed by atoms with Gasteiger partial charge in [0.1, 0.15) is 23.1 Å². The zero-order valence-electron chi connectivity index (χ0n) is 29.1. The molecule has 1 unspecified atom stereocenters. The van der Waals surface area contributed by atoms with Crippen LogP contribution < -0.4 is 19.9 Å². The van der Waals surface area contributed by atoms with Crippen molar-refractivity contribution in [2.75, 3.05) is 27.1 Å². The van der Waals surface area contributed by atoms with Gasteiger partial charge in [0.2, 0.25) is 15.8 Å². The Morgan fingerprint density at radius 1 is 0.774 bits per heavy atom. The van der Waals surface area contributed by atoms with Gasteiger partial charge in [-0.1, -0.05) is 48.5 Å². The van der Waals surface area contributed by atoms with Crippen molar-refractivity contribution in [3.63, 3.8) is 0 Å². The maximum atomic E-state index is 15.3. The molecular weight excluding hydrogens is 719 g/mol. The standard InChI is InChI=1S/C37H37N7O7S2/c1-49-30-12-4-25(5-13-30)21-43(22-26-6-14-31(50-2)15-7-26)53(47,48)36-29(24-52(45)46)10-18-33(28-11-19-34(38)39-20-28)35(36)37-40-42-44(41-37)23-27-8-16-32(51-3)17-9-27/h4-20H,21-24H2,1-3H3,(H2,38,39)(H,45,46). The van der Waals surface area contributed by atoms with Crippen molar-refractivity contribution in [3.05, 3.63) is 126 Å². The van der Waals surface area contributed by atoms with Crippen molar-refractivity contribution in [3.8, 4) is 39.8 Å². The summed E-state index contributed by atoms with van der Waals surface area (Å²) in [5.41, 5.74) is 9.23. The minimum atomic E-state index is -4.53. The molecule has 0 radical (unpaired) electrons. The summed E-state index contributed by atoms with van der Waals surface area (Å²) in [6.45, 7) is 0.120. The molecule has 0 saturated heterocycles. The number of nitrogens with zero attached hydrogens (tertiary/aromatic N) is 6. The van der Waals surface area contributed by atoms with Crippen LogP contribution in [0.15, 0.2) is 108 Å². The Hall–Kier alpha value is -5.68. The Morgan fingerprint density at radius 2 is 1.32 bits per heavy atom. The summed E-state index contributed by atoms with van der Waals surface area (Å²) < 4.78 is 70.5. The van der Waals surface area contributed by atoms with E-state index in [9.17, 15) is 8.76 Å². The van der Waals surface area contributed by atoms with Gasteiger partial charge in [-0.25, -0.2) is 17.6 Å². The first-order valence-electron chi connectivity index (χ1n) is 16.2. The molecule has 53 heavy (non-hydrogen) atoms. The molecule has 0 aliphatic heterocycles. The topological polar surface area (TPSA) is 185 Å². The molecule has 0 fully saturated rings. The number of rotatable bonds is 15. The number of anilines is 1. The van der Waals surface area contributed by atoms with E-state index in [-0.39, 0.29) is 47.3 Å². The molecule has 4 aromatic carbocycles. The molecule has 0 aliphatic rings. The number of pyridine rings is 1. The molecule has 274 valence electrons. The molecule has 16 heteroatoms. The van der Waals surface area contributed by atoms with Crippen LogP contribution in [-0.2, 0) is 46.5 Å². The van der Waals surface area contributed by atoms with Gasteiger partial charge in [0.25, 0.3) is 0 Å². The summed E-state index contributed by atoms with van der Waals surface area (Å²) in [4.78, 5) is 5.35. The summed E-state index contributed by atoms with van der Waals surface area (Å²) in [5.74, 6) is 1.68. The predicted octanol–water partition coefficient (Wildman–Crippen LogP) is 5.17. The molecule has 2 aromatic heterocycles. The Kier molecular flexibility index (Phi) is 11.4. The molecule has 3 N–H and O–H groups in total. The minimum absolute atomic E-state index is 0.0108. The number of ether oxygens (including phenoxy) is 3. The van der Waals surface area contributed by atoms with E-state index in [0.29, 0.717) is 39.5 Å². The number of hydrogen-bond acceptors (Lipinski definition) is 11. The summed E-state index contributed by atoms with van der Waals surface area (Å²) in [5, 5.41) is 13.3. The Morgan fingerprint density at radius 3 is 1.81 bits per heavy atom. The Bertz CT molecular complexity index is 2250. The lowest BCUT2D eigenvalue weighted by atomic mass is 9.98. The molecule has 1 atom stereocenters. The van der Waals surface area contributed by atoms with Crippen LogP contribution >= 0.6 is 0 Å². The number of nitrogens with two attached hydrogens (primary N) is 1. The van der Waals surface area contributed by atoms with Crippen molar-refractivity contribution >= 4 is 26.9 Å². The number of methoxy groups -OCH3 is 3. The van der Waals surface area contributed by atoms with Gasteiger partial charge in [0.15, 0.2) is 11.1 Å². The molecule has 0 amide bonds. The lowest BCUT2D eigenvalue weighted by Crippen LogP contribution is -2.32. The number of benzene rings is 4. The fraction of sp³-hybridized carbons (Fsp3) is 0.189.